The van der Waals surface area contributed by atoms with Crippen LogP contribution in [0, 0.1) is 19.8 Å². The minimum Gasteiger partial charge on any atom is -0.350 e. The number of aromatic nitrogens is 1. The summed E-state index contributed by atoms with van der Waals surface area (Å²) in [7, 11) is 0. The molecule has 0 bridgehead atoms. The molecule has 4 heteroatoms. The molecule has 1 heterocycles. The molecule has 1 N–H and O–H groups in total. The highest BCUT2D eigenvalue weighted by atomic mass is 32.1. The number of nitrogens with zero attached hydrogens (tertiary/aromatic N) is 1. The molecule has 1 aromatic heterocycles. The van der Waals surface area contributed by atoms with E-state index in [1.165, 1.54) is 37.0 Å². The number of rotatable bonds is 5. The van der Waals surface area contributed by atoms with Gasteiger partial charge < -0.3 is 5.32 Å². The van der Waals surface area contributed by atoms with Crippen LogP contribution in [-0.4, -0.2) is 10.9 Å². The molecule has 0 aromatic carbocycles. The van der Waals surface area contributed by atoms with Gasteiger partial charge in [0.2, 0.25) is 5.91 Å². The Kier molecular flexibility index (Phi) is 5.37. The van der Waals surface area contributed by atoms with Gasteiger partial charge in [-0.15, -0.1) is 11.3 Å². The Labute approximate surface area is 119 Å². The van der Waals surface area contributed by atoms with Gasteiger partial charge in [0.05, 0.1) is 12.2 Å². The Hall–Kier alpha value is -0.900. The SMILES string of the molecule is Cc1nc(CNC(=O)CCC2CCCCC2)sc1C. The van der Waals surface area contributed by atoms with E-state index in [2.05, 4.69) is 17.2 Å². The molecule has 0 saturated heterocycles. The highest BCUT2D eigenvalue weighted by Crippen LogP contribution is 2.27. The fourth-order valence-corrected chi connectivity index (χ4v) is 3.56. The summed E-state index contributed by atoms with van der Waals surface area (Å²) in [5.74, 6) is 0.958. The zero-order chi connectivity index (χ0) is 13.7. The average molecular weight is 280 g/mol. The van der Waals surface area contributed by atoms with Crippen molar-refractivity contribution in [3.8, 4) is 0 Å². The number of thiazole rings is 1. The van der Waals surface area contributed by atoms with Crippen LogP contribution in [-0.2, 0) is 11.3 Å². The molecular weight excluding hydrogens is 256 g/mol. The number of carbonyl (C=O) groups excluding carboxylic acids is 1. The largest absolute Gasteiger partial charge is 0.350 e. The lowest BCUT2D eigenvalue weighted by Crippen LogP contribution is -2.23. The fraction of sp³-hybridized carbons (Fsp3) is 0.733. The Balaban J connectivity index is 1.66. The normalized spacial score (nSPS) is 16.5. The summed E-state index contributed by atoms with van der Waals surface area (Å²) in [6.07, 6.45) is 8.45. The maximum atomic E-state index is 11.8. The molecule has 0 unspecified atom stereocenters. The van der Waals surface area contributed by atoms with Crippen LogP contribution in [0.3, 0.4) is 0 Å². The van der Waals surface area contributed by atoms with Crippen molar-refractivity contribution in [3.05, 3.63) is 15.6 Å². The van der Waals surface area contributed by atoms with Crippen LogP contribution in [0.25, 0.3) is 0 Å². The Morgan fingerprint density at radius 1 is 1.32 bits per heavy atom. The molecule has 1 aromatic rings. The van der Waals surface area contributed by atoms with Crippen LogP contribution < -0.4 is 5.32 Å². The second-order valence-corrected chi connectivity index (χ2v) is 6.86. The monoisotopic (exact) mass is 280 g/mol. The van der Waals surface area contributed by atoms with Crippen LogP contribution in [0.4, 0.5) is 0 Å². The van der Waals surface area contributed by atoms with Gasteiger partial charge in [-0.05, 0) is 26.2 Å². The standard InChI is InChI=1S/C15H24N2OS/c1-11-12(2)19-15(17-11)10-16-14(18)9-8-13-6-4-3-5-7-13/h13H,3-10H2,1-2H3,(H,16,18). The van der Waals surface area contributed by atoms with Crippen molar-refractivity contribution in [1.29, 1.82) is 0 Å². The van der Waals surface area contributed by atoms with E-state index < -0.39 is 0 Å². The molecule has 1 aliphatic rings. The molecule has 1 fully saturated rings. The number of amides is 1. The van der Waals surface area contributed by atoms with Crippen molar-refractivity contribution in [3.63, 3.8) is 0 Å². The molecule has 0 atom stereocenters. The van der Waals surface area contributed by atoms with E-state index in [-0.39, 0.29) is 5.91 Å². The Morgan fingerprint density at radius 2 is 2.05 bits per heavy atom. The summed E-state index contributed by atoms with van der Waals surface area (Å²) in [6.45, 7) is 4.67. The lowest BCUT2D eigenvalue weighted by Gasteiger charge is -2.20. The van der Waals surface area contributed by atoms with Gasteiger partial charge in [-0.1, -0.05) is 32.1 Å². The van der Waals surface area contributed by atoms with Crippen molar-refractivity contribution in [1.82, 2.24) is 10.3 Å². The van der Waals surface area contributed by atoms with E-state index in [0.717, 1.165) is 23.0 Å². The van der Waals surface area contributed by atoms with E-state index in [0.29, 0.717) is 13.0 Å². The molecule has 1 amide bonds. The second-order valence-electron chi connectivity index (χ2n) is 5.57. The molecule has 0 aliphatic heterocycles. The molecule has 2 rings (SSSR count). The third kappa shape index (κ3) is 4.60. The maximum Gasteiger partial charge on any atom is 0.220 e. The fourth-order valence-electron chi connectivity index (χ4n) is 2.69. The quantitative estimate of drug-likeness (QED) is 0.892. The third-order valence-corrected chi connectivity index (χ3v) is 5.09. The molecule has 1 saturated carbocycles. The zero-order valence-electron chi connectivity index (χ0n) is 12.0. The van der Waals surface area contributed by atoms with Gasteiger partial charge in [0.15, 0.2) is 0 Å². The number of carbonyl (C=O) groups is 1. The predicted octanol–water partition coefficient (Wildman–Crippen LogP) is 3.74. The molecule has 3 nitrogen and oxygen atoms in total. The summed E-state index contributed by atoms with van der Waals surface area (Å²) in [6, 6.07) is 0. The molecule has 0 spiro atoms. The Bertz CT molecular complexity index is 402. The summed E-state index contributed by atoms with van der Waals surface area (Å²) < 4.78 is 0. The van der Waals surface area contributed by atoms with Gasteiger partial charge in [-0.2, -0.15) is 0 Å². The average Bonchev–Trinajstić information content (AvgIpc) is 2.74. The lowest BCUT2D eigenvalue weighted by molar-refractivity contribution is -0.121. The summed E-state index contributed by atoms with van der Waals surface area (Å²) in [5, 5.41) is 4.00. The number of hydrogen-bond donors (Lipinski definition) is 1. The van der Waals surface area contributed by atoms with Crippen molar-refractivity contribution in [2.75, 3.05) is 0 Å². The van der Waals surface area contributed by atoms with Crippen molar-refractivity contribution in [2.45, 2.75) is 65.3 Å². The van der Waals surface area contributed by atoms with E-state index in [4.69, 9.17) is 0 Å². The van der Waals surface area contributed by atoms with Crippen molar-refractivity contribution < 1.29 is 4.79 Å². The second kappa shape index (κ2) is 7.04. The van der Waals surface area contributed by atoms with Gasteiger partial charge in [0, 0.05) is 11.3 Å². The van der Waals surface area contributed by atoms with Crippen molar-refractivity contribution >= 4 is 17.2 Å². The van der Waals surface area contributed by atoms with Crippen LogP contribution in [0.15, 0.2) is 0 Å². The maximum absolute atomic E-state index is 11.8. The first-order valence-electron chi connectivity index (χ1n) is 7.34. The number of hydrogen-bond acceptors (Lipinski definition) is 3. The van der Waals surface area contributed by atoms with Crippen molar-refractivity contribution in [2.24, 2.45) is 5.92 Å². The van der Waals surface area contributed by atoms with Crippen LogP contribution in [0.1, 0.15) is 60.5 Å². The van der Waals surface area contributed by atoms with E-state index in [1.807, 2.05) is 6.92 Å². The van der Waals surface area contributed by atoms with E-state index in [1.54, 1.807) is 11.3 Å². The molecule has 1 aliphatic carbocycles. The summed E-state index contributed by atoms with van der Waals surface area (Å²) in [5.41, 5.74) is 1.08. The summed E-state index contributed by atoms with van der Waals surface area (Å²) >= 11 is 1.68. The van der Waals surface area contributed by atoms with Crippen LogP contribution >= 0.6 is 11.3 Å². The minimum absolute atomic E-state index is 0.177. The first kappa shape index (κ1) is 14.5. The highest BCUT2D eigenvalue weighted by Gasteiger charge is 2.14. The Morgan fingerprint density at radius 3 is 2.68 bits per heavy atom. The summed E-state index contributed by atoms with van der Waals surface area (Å²) in [4.78, 5) is 17.5. The smallest absolute Gasteiger partial charge is 0.220 e. The first-order valence-corrected chi connectivity index (χ1v) is 8.16. The first-order chi connectivity index (χ1) is 9.15. The zero-order valence-corrected chi connectivity index (χ0v) is 12.8. The topological polar surface area (TPSA) is 42.0 Å². The lowest BCUT2D eigenvalue weighted by atomic mass is 9.86. The van der Waals surface area contributed by atoms with E-state index in [9.17, 15) is 4.79 Å². The minimum atomic E-state index is 0.177. The van der Waals surface area contributed by atoms with E-state index >= 15 is 0 Å². The number of aryl methyl sites for hydroxylation is 2. The van der Waals surface area contributed by atoms with Gasteiger partial charge in [0.1, 0.15) is 5.01 Å². The molecule has 0 radical (unpaired) electrons. The van der Waals surface area contributed by atoms with Gasteiger partial charge >= 0.3 is 0 Å². The van der Waals surface area contributed by atoms with Gasteiger partial charge in [-0.3, -0.25) is 4.79 Å². The van der Waals surface area contributed by atoms with Gasteiger partial charge in [-0.25, -0.2) is 4.98 Å². The van der Waals surface area contributed by atoms with Gasteiger partial charge in [0.25, 0.3) is 0 Å². The molecule has 106 valence electrons. The predicted molar refractivity (Wildman–Crippen MR) is 79.2 cm³/mol. The third-order valence-electron chi connectivity index (χ3n) is 4.01. The number of nitrogens with one attached hydrogen (secondary N) is 1. The van der Waals surface area contributed by atoms with Crippen LogP contribution in [0.2, 0.25) is 0 Å². The molecule has 19 heavy (non-hydrogen) atoms. The van der Waals surface area contributed by atoms with Crippen LogP contribution in [0.5, 0.6) is 0 Å². The molecular formula is C15H24N2OS. The highest BCUT2D eigenvalue weighted by molar-refractivity contribution is 7.11.